The van der Waals surface area contributed by atoms with Crippen LogP contribution < -0.4 is 4.90 Å². The molecule has 1 saturated heterocycles. The van der Waals surface area contributed by atoms with Crippen LogP contribution in [0, 0.1) is 0 Å². The van der Waals surface area contributed by atoms with Gasteiger partial charge in [0.25, 0.3) is 0 Å². The van der Waals surface area contributed by atoms with Gasteiger partial charge in [-0.1, -0.05) is 18.2 Å². The fraction of sp³-hybridized carbons (Fsp3) is 0.375. The molecule has 0 aliphatic carbocycles. The van der Waals surface area contributed by atoms with Crippen LogP contribution in [0.15, 0.2) is 30.3 Å². The maximum atomic E-state index is 11.4. The number of hydrogen-bond donors (Lipinski definition) is 0. The number of pyridine rings is 1. The van der Waals surface area contributed by atoms with Crippen LogP contribution in [0.25, 0.3) is 10.9 Å². The largest absolute Gasteiger partial charge is 0.377 e. The van der Waals surface area contributed by atoms with Gasteiger partial charge in [-0.3, -0.25) is 4.79 Å². The first kappa shape index (κ1) is 13.1. The lowest BCUT2D eigenvalue weighted by Crippen LogP contribution is -2.31. The summed E-state index contributed by atoms with van der Waals surface area (Å²) in [6.45, 7) is 4.46. The third-order valence-electron chi connectivity index (χ3n) is 3.61. The van der Waals surface area contributed by atoms with E-state index in [4.69, 9.17) is 4.74 Å². The van der Waals surface area contributed by atoms with Gasteiger partial charge in [-0.25, -0.2) is 4.98 Å². The molecule has 3 rings (SSSR count). The molecule has 4 heteroatoms. The zero-order valence-electron chi connectivity index (χ0n) is 11.6. The Labute approximate surface area is 118 Å². The Morgan fingerprint density at radius 2 is 2.25 bits per heavy atom. The Balaban J connectivity index is 2.06. The van der Waals surface area contributed by atoms with Crippen molar-refractivity contribution in [2.75, 3.05) is 24.6 Å². The molecule has 0 spiro atoms. The van der Waals surface area contributed by atoms with Crippen molar-refractivity contribution in [1.82, 2.24) is 4.98 Å². The van der Waals surface area contributed by atoms with Crippen LogP contribution in [-0.2, 0) is 4.74 Å². The SMILES string of the molecule is CC1CN(c2nc3ccccc3cc2C=O)CCCO1. The number of benzene rings is 1. The molecule has 1 atom stereocenters. The number of nitrogens with zero attached hydrogens (tertiary/aromatic N) is 2. The topological polar surface area (TPSA) is 42.4 Å². The smallest absolute Gasteiger partial charge is 0.153 e. The Morgan fingerprint density at radius 3 is 3.10 bits per heavy atom. The highest BCUT2D eigenvalue weighted by molar-refractivity contribution is 5.91. The summed E-state index contributed by atoms with van der Waals surface area (Å²) in [5.41, 5.74) is 1.57. The minimum absolute atomic E-state index is 0.158. The number of para-hydroxylation sites is 1. The van der Waals surface area contributed by atoms with Crippen LogP contribution in [0.3, 0.4) is 0 Å². The molecule has 2 aromatic rings. The molecular formula is C16H18N2O2. The molecule has 1 aliphatic heterocycles. The number of fused-ring (bicyclic) bond motifs is 1. The van der Waals surface area contributed by atoms with Crippen LogP contribution in [0.4, 0.5) is 5.82 Å². The lowest BCUT2D eigenvalue weighted by atomic mass is 10.1. The molecule has 0 bridgehead atoms. The zero-order chi connectivity index (χ0) is 13.9. The number of rotatable bonds is 2. The monoisotopic (exact) mass is 270 g/mol. The Bertz CT molecular complexity index is 627. The van der Waals surface area contributed by atoms with Gasteiger partial charge in [-0.2, -0.15) is 0 Å². The normalized spacial score (nSPS) is 19.9. The minimum Gasteiger partial charge on any atom is -0.377 e. The quantitative estimate of drug-likeness (QED) is 0.787. The minimum atomic E-state index is 0.158. The number of hydrogen-bond acceptors (Lipinski definition) is 4. The number of anilines is 1. The van der Waals surface area contributed by atoms with Gasteiger partial charge in [-0.15, -0.1) is 0 Å². The molecule has 0 amide bonds. The van der Waals surface area contributed by atoms with E-state index in [0.717, 1.165) is 49.1 Å². The number of aromatic nitrogens is 1. The summed E-state index contributed by atoms with van der Waals surface area (Å²) in [4.78, 5) is 18.2. The first-order valence-electron chi connectivity index (χ1n) is 6.99. The van der Waals surface area contributed by atoms with Crippen molar-refractivity contribution in [1.29, 1.82) is 0 Å². The van der Waals surface area contributed by atoms with Crippen LogP contribution in [0.5, 0.6) is 0 Å². The fourth-order valence-electron chi connectivity index (χ4n) is 2.65. The molecule has 4 nitrogen and oxygen atoms in total. The predicted octanol–water partition coefficient (Wildman–Crippen LogP) is 2.66. The molecule has 0 saturated carbocycles. The summed E-state index contributed by atoms with van der Waals surface area (Å²) in [5, 5.41) is 0.998. The van der Waals surface area contributed by atoms with E-state index in [1.54, 1.807) is 0 Å². The molecule has 104 valence electrons. The van der Waals surface area contributed by atoms with Crippen molar-refractivity contribution in [2.24, 2.45) is 0 Å². The summed E-state index contributed by atoms with van der Waals surface area (Å²) >= 11 is 0. The van der Waals surface area contributed by atoms with E-state index in [9.17, 15) is 4.79 Å². The van der Waals surface area contributed by atoms with Crippen molar-refractivity contribution in [2.45, 2.75) is 19.4 Å². The fourth-order valence-corrected chi connectivity index (χ4v) is 2.65. The lowest BCUT2D eigenvalue weighted by Gasteiger charge is -2.24. The molecule has 1 aromatic heterocycles. The number of carbonyl (C=O) groups is 1. The third kappa shape index (κ3) is 2.51. The van der Waals surface area contributed by atoms with E-state index in [1.807, 2.05) is 30.3 Å². The average molecular weight is 270 g/mol. The van der Waals surface area contributed by atoms with Crippen molar-refractivity contribution in [3.05, 3.63) is 35.9 Å². The second-order valence-corrected chi connectivity index (χ2v) is 5.19. The van der Waals surface area contributed by atoms with Gasteiger partial charge in [0.1, 0.15) is 5.82 Å². The second-order valence-electron chi connectivity index (χ2n) is 5.19. The van der Waals surface area contributed by atoms with Crippen LogP contribution in [0.2, 0.25) is 0 Å². The summed E-state index contributed by atoms with van der Waals surface area (Å²) in [6, 6.07) is 9.80. The van der Waals surface area contributed by atoms with Crippen LogP contribution in [0.1, 0.15) is 23.7 Å². The molecular weight excluding hydrogens is 252 g/mol. The first-order chi connectivity index (χ1) is 9.78. The molecule has 0 N–H and O–H groups in total. The number of carbonyl (C=O) groups excluding carboxylic acids is 1. The summed E-state index contributed by atoms with van der Waals surface area (Å²) < 4.78 is 5.66. The average Bonchev–Trinajstić information content (AvgIpc) is 2.70. The van der Waals surface area contributed by atoms with Gasteiger partial charge in [0.05, 0.1) is 17.2 Å². The standard InChI is InChI=1S/C16H18N2O2/c1-12-10-18(7-4-8-20-12)16-14(11-19)9-13-5-2-3-6-15(13)17-16/h2-3,5-6,9,11-12H,4,7-8,10H2,1H3. The number of aldehydes is 1. The molecule has 2 heterocycles. The van der Waals surface area contributed by atoms with E-state index >= 15 is 0 Å². The third-order valence-corrected chi connectivity index (χ3v) is 3.61. The summed E-state index contributed by atoms with van der Waals surface area (Å²) in [6.07, 6.45) is 2.01. The maximum absolute atomic E-state index is 11.4. The Hall–Kier alpha value is -1.94. The Morgan fingerprint density at radius 1 is 1.40 bits per heavy atom. The Kier molecular flexibility index (Phi) is 3.65. The number of ether oxygens (including phenoxy) is 1. The van der Waals surface area contributed by atoms with Gasteiger partial charge in [0.15, 0.2) is 6.29 Å². The lowest BCUT2D eigenvalue weighted by molar-refractivity contribution is 0.0820. The highest BCUT2D eigenvalue weighted by Gasteiger charge is 2.19. The molecule has 1 fully saturated rings. The molecule has 0 radical (unpaired) electrons. The highest BCUT2D eigenvalue weighted by atomic mass is 16.5. The maximum Gasteiger partial charge on any atom is 0.153 e. The molecule has 1 aromatic carbocycles. The van der Waals surface area contributed by atoms with Crippen molar-refractivity contribution in [3.63, 3.8) is 0 Å². The van der Waals surface area contributed by atoms with Crippen LogP contribution >= 0.6 is 0 Å². The van der Waals surface area contributed by atoms with E-state index in [0.29, 0.717) is 5.56 Å². The van der Waals surface area contributed by atoms with Crippen LogP contribution in [-0.4, -0.2) is 37.1 Å². The second kappa shape index (κ2) is 5.59. The molecule has 20 heavy (non-hydrogen) atoms. The van der Waals surface area contributed by atoms with Gasteiger partial charge < -0.3 is 9.64 Å². The molecule has 1 unspecified atom stereocenters. The van der Waals surface area contributed by atoms with Crippen molar-refractivity contribution in [3.8, 4) is 0 Å². The van der Waals surface area contributed by atoms with Gasteiger partial charge in [-0.05, 0) is 25.5 Å². The highest BCUT2D eigenvalue weighted by Crippen LogP contribution is 2.24. The zero-order valence-corrected chi connectivity index (χ0v) is 11.6. The van der Waals surface area contributed by atoms with Crippen molar-refractivity contribution < 1.29 is 9.53 Å². The van der Waals surface area contributed by atoms with E-state index in [1.165, 1.54) is 0 Å². The molecule has 1 aliphatic rings. The van der Waals surface area contributed by atoms with E-state index in [-0.39, 0.29) is 6.10 Å². The first-order valence-corrected chi connectivity index (χ1v) is 6.99. The van der Waals surface area contributed by atoms with E-state index in [2.05, 4.69) is 16.8 Å². The van der Waals surface area contributed by atoms with Gasteiger partial charge >= 0.3 is 0 Å². The summed E-state index contributed by atoms with van der Waals surface area (Å²) in [7, 11) is 0. The predicted molar refractivity (Wildman–Crippen MR) is 79.4 cm³/mol. The van der Waals surface area contributed by atoms with E-state index < -0.39 is 0 Å². The van der Waals surface area contributed by atoms with Gasteiger partial charge in [0.2, 0.25) is 0 Å². The summed E-state index contributed by atoms with van der Waals surface area (Å²) in [5.74, 6) is 0.774. The van der Waals surface area contributed by atoms with Gasteiger partial charge in [0, 0.05) is 25.1 Å². The van der Waals surface area contributed by atoms with Crippen molar-refractivity contribution >= 4 is 23.0 Å².